The van der Waals surface area contributed by atoms with Gasteiger partial charge in [-0.05, 0) is 47.3 Å². The largest absolute Gasteiger partial charge is 0.376 e. The van der Waals surface area contributed by atoms with Crippen LogP contribution in [0.4, 0.5) is 8.78 Å². The minimum Gasteiger partial charge on any atom is -0.376 e. The lowest BCUT2D eigenvalue weighted by Crippen LogP contribution is -2.49. The number of hydrogen-bond acceptors (Lipinski definition) is 2. The lowest BCUT2D eigenvalue weighted by Gasteiger charge is -2.45. The van der Waals surface area contributed by atoms with Crippen molar-refractivity contribution in [3.8, 4) is 0 Å². The number of benzene rings is 1. The van der Waals surface area contributed by atoms with Gasteiger partial charge in [0, 0.05) is 12.7 Å². The molecular formula is C12H14BrF2NO. The van der Waals surface area contributed by atoms with Crippen LogP contribution in [-0.2, 0) is 4.74 Å². The smallest absolute Gasteiger partial charge is 0.145 e. The molecule has 94 valence electrons. The van der Waals surface area contributed by atoms with Crippen LogP contribution in [0.1, 0.15) is 30.9 Å². The number of hydrogen-bond donors (Lipinski definition) is 1. The maximum Gasteiger partial charge on any atom is 0.145 e. The number of ether oxygens (including phenoxy) is 1. The van der Waals surface area contributed by atoms with Gasteiger partial charge < -0.3 is 10.5 Å². The zero-order chi connectivity index (χ0) is 12.6. The van der Waals surface area contributed by atoms with Crippen LogP contribution in [0.5, 0.6) is 0 Å². The van der Waals surface area contributed by atoms with Crippen molar-refractivity contribution in [2.45, 2.75) is 30.9 Å². The van der Waals surface area contributed by atoms with E-state index in [1.165, 1.54) is 19.2 Å². The summed E-state index contributed by atoms with van der Waals surface area (Å²) in [6, 6.07) is 1.77. The molecule has 1 saturated carbocycles. The monoisotopic (exact) mass is 305 g/mol. The van der Waals surface area contributed by atoms with E-state index in [2.05, 4.69) is 15.9 Å². The Kier molecular flexibility index (Phi) is 3.52. The lowest BCUT2D eigenvalue weighted by molar-refractivity contribution is -0.0924. The van der Waals surface area contributed by atoms with Crippen LogP contribution in [-0.4, -0.2) is 12.7 Å². The molecule has 0 spiro atoms. The fourth-order valence-corrected chi connectivity index (χ4v) is 2.60. The van der Waals surface area contributed by atoms with Crippen LogP contribution in [0, 0.1) is 11.6 Å². The minimum atomic E-state index is -0.779. The standard InChI is InChI=1S/C12H14BrF2NO/c1-17-12(5-2-6-12)11(16)9-8(14)4-3-7(13)10(9)15/h3-4,11H,2,5-6,16H2,1H3. The van der Waals surface area contributed by atoms with Crippen molar-refractivity contribution in [3.05, 3.63) is 33.8 Å². The van der Waals surface area contributed by atoms with Crippen molar-refractivity contribution in [1.29, 1.82) is 0 Å². The average Bonchev–Trinajstić information content (AvgIpc) is 2.23. The molecule has 0 heterocycles. The van der Waals surface area contributed by atoms with Crippen molar-refractivity contribution in [2.75, 3.05) is 7.11 Å². The van der Waals surface area contributed by atoms with E-state index < -0.39 is 23.3 Å². The fraction of sp³-hybridized carbons (Fsp3) is 0.500. The van der Waals surface area contributed by atoms with Gasteiger partial charge in [0.25, 0.3) is 0 Å². The topological polar surface area (TPSA) is 35.2 Å². The summed E-state index contributed by atoms with van der Waals surface area (Å²) < 4.78 is 33.2. The highest BCUT2D eigenvalue weighted by atomic mass is 79.9. The number of nitrogens with two attached hydrogens (primary N) is 1. The van der Waals surface area contributed by atoms with E-state index in [-0.39, 0.29) is 10.0 Å². The molecule has 0 amide bonds. The molecule has 2 rings (SSSR count). The van der Waals surface area contributed by atoms with Crippen LogP contribution < -0.4 is 5.73 Å². The third kappa shape index (κ3) is 2.00. The van der Waals surface area contributed by atoms with Gasteiger partial charge in [0.1, 0.15) is 11.6 Å². The van der Waals surface area contributed by atoms with E-state index in [4.69, 9.17) is 10.5 Å². The Morgan fingerprint density at radius 2 is 2.06 bits per heavy atom. The highest BCUT2D eigenvalue weighted by Gasteiger charge is 2.45. The Bertz CT molecular complexity index is 429. The molecule has 1 aliphatic carbocycles. The van der Waals surface area contributed by atoms with Gasteiger partial charge in [-0.3, -0.25) is 0 Å². The van der Waals surface area contributed by atoms with Crippen molar-refractivity contribution < 1.29 is 13.5 Å². The first-order valence-corrected chi connectivity index (χ1v) is 6.25. The van der Waals surface area contributed by atoms with E-state index in [1.807, 2.05) is 0 Å². The zero-order valence-corrected chi connectivity index (χ0v) is 11.1. The van der Waals surface area contributed by atoms with E-state index in [0.717, 1.165) is 19.3 Å². The first-order valence-electron chi connectivity index (χ1n) is 5.46. The molecule has 1 aromatic carbocycles. The van der Waals surface area contributed by atoms with Gasteiger partial charge >= 0.3 is 0 Å². The van der Waals surface area contributed by atoms with E-state index >= 15 is 0 Å². The van der Waals surface area contributed by atoms with Crippen molar-refractivity contribution in [1.82, 2.24) is 0 Å². The third-order valence-electron chi connectivity index (χ3n) is 3.56. The Hall–Kier alpha value is -0.520. The van der Waals surface area contributed by atoms with Crippen LogP contribution >= 0.6 is 15.9 Å². The molecule has 5 heteroatoms. The molecule has 1 unspecified atom stereocenters. The Morgan fingerprint density at radius 3 is 2.53 bits per heavy atom. The molecule has 1 aromatic rings. The second-order valence-corrected chi connectivity index (χ2v) is 5.21. The summed E-state index contributed by atoms with van der Waals surface area (Å²) in [6.45, 7) is 0. The predicted molar refractivity (Wildman–Crippen MR) is 64.6 cm³/mol. The van der Waals surface area contributed by atoms with Gasteiger partial charge in [0.2, 0.25) is 0 Å². The average molecular weight is 306 g/mol. The van der Waals surface area contributed by atoms with Gasteiger partial charge in [-0.1, -0.05) is 0 Å². The lowest BCUT2D eigenvalue weighted by atomic mass is 9.72. The second-order valence-electron chi connectivity index (χ2n) is 4.36. The van der Waals surface area contributed by atoms with Gasteiger partial charge in [-0.15, -0.1) is 0 Å². The molecule has 1 atom stereocenters. The van der Waals surface area contributed by atoms with Gasteiger partial charge in [0.05, 0.1) is 16.1 Å². The summed E-state index contributed by atoms with van der Waals surface area (Å²) in [5.41, 5.74) is 5.27. The third-order valence-corrected chi connectivity index (χ3v) is 4.18. The quantitative estimate of drug-likeness (QED) is 0.870. The minimum absolute atomic E-state index is 0.0964. The summed E-state index contributed by atoms with van der Waals surface area (Å²) in [5, 5.41) is 0. The van der Waals surface area contributed by atoms with Crippen molar-refractivity contribution >= 4 is 15.9 Å². The molecule has 17 heavy (non-hydrogen) atoms. The first kappa shape index (κ1) is 12.9. The zero-order valence-electron chi connectivity index (χ0n) is 9.47. The Balaban J connectivity index is 2.43. The van der Waals surface area contributed by atoms with Crippen LogP contribution in [0.3, 0.4) is 0 Å². The molecule has 0 bridgehead atoms. The number of halogens is 3. The summed E-state index contributed by atoms with van der Waals surface area (Å²) in [6.07, 6.45) is 2.44. The van der Waals surface area contributed by atoms with Crippen molar-refractivity contribution in [2.24, 2.45) is 5.73 Å². The van der Waals surface area contributed by atoms with E-state index in [9.17, 15) is 8.78 Å². The molecule has 2 nitrogen and oxygen atoms in total. The van der Waals surface area contributed by atoms with Crippen LogP contribution in [0.2, 0.25) is 0 Å². The normalized spacial score (nSPS) is 19.8. The predicted octanol–water partition coefficient (Wildman–Crippen LogP) is 3.30. The highest BCUT2D eigenvalue weighted by Crippen LogP contribution is 2.45. The van der Waals surface area contributed by atoms with Crippen molar-refractivity contribution in [3.63, 3.8) is 0 Å². The Morgan fingerprint density at radius 1 is 1.41 bits per heavy atom. The molecule has 0 radical (unpaired) electrons. The summed E-state index contributed by atoms with van der Waals surface area (Å²) in [7, 11) is 1.53. The molecule has 2 N–H and O–H groups in total. The summed E-state index contributed by atoms with van der Waals surface area (Å²) in [4.78, 5) is 0. The van der Waals surface area contributed by atoms with Crippen LogP contribution in [0.25, 0.3) is 0 Å². The molecule has 1 aliphatic rings. The summed E-state index contributed by atoms with van der Waals surface area (Å²) in [5.74, 6) is -1.26. The molecule has 0 aromatic heterocycles. The maximum atomic E-state index is 13.9. The van der Waals surface area contributed by atoms with E-state index in [1.54, 1.807) is 0 Å². The number of methoxy groups -OCH3 is 1. The molecule has 1 fully saturated rings. The second kappa shape index (κ2) is 4.63. The molecule has 0 aliphatic heterocycles. The maximum absolute atomic E-state index is 13.9. The van der Waals surface area contributed by atoms with Gasteiger partial charge in [-0.25, -0.2) is 8.78 Å². The molecule has 0 saturated heterocycles. The SMILES string of the molecule is COC1(C(N)c2c(F)ccc(Br)c2F)CCC1. The molecular weight excluding hydrogens is 292 g/mol. The van der Waals surface area contributed by atoms with Crippen LogP contribution in [0.15, 0.2) is 16.6 Å². The fourth-order valence-electron chi connectivity index (χ4n) is 2.26. The van der Waals surface area contributed by atoms with E-state index in [0.29, 0.717) is 0 Å². The number of rotatable bonds is 3. The van der Waals surface area contributed by atoms with Gasteiger partial charge in [0.15, 0.2) is 0 Å². The highest BCUT2D eigenvalue weighted by molar-refractivity contribution is 9.10. The first-order chi connectivity index (χ1) is 8.02. The van der Waals surface area contributed by atoms with Gasteiger partial charge in [-0.2, -0.15) is 0 Å². The Labute approximate surface area is 107 Å². The summed E-state index contributed by atoms with van der Waals surface area (Å²) >= 11 is 3.04.